The molecule has 3 N–H and O–H groups in total. The zero-order chi connectivity index (χ0) is 11.8. The van der Waals surface area contributed by atoms with E-state index in [1.807, 2.05) is 0 Å². The Morgan fingerprint density at radius 3 is 2.56 bits per heavy atom. The first kappa shape index (κ1) is 11.4. The van der Waals surface area contributed by atoms with Gasteiger partial charge in [-0.3, -0.25) is 0 Å². The summed E-state index contributed by atoms with van der Waals surface area (Å²) in [5.74, 6) is 0.0543. The predicted molar refractivity (Wildman–Crippen MR) is 60.9 cm³/mol. The van der Waals surface area contributed by atoms with Crippen molar-refractivity contribution >= 4 is 9.84 Å². The summed E-state index contributed by atoms with van der Waals surface area (Å²) in [7, 11) is -3.33. The second kappa shape index (κ2) is 3.75. The number of nitrogens with two attached hydrogens (primary N) is 1. The topological polar surface area (TPSA) is 80.4 Å². The highest BCUT2D eigenvalue weighted by Gasteiger charge is 2.45. The Labute approximate surface area is 95.0 Å². The SMILES string of the molecule is NCC1(CS(=O)(=O)c2cccc(O)c2)CC1. The smallest absolute Gasteiger partial charge is 0.179 e. The van der Waals surface area contributed by atoms with Crippen LogP contribution in [0.1, 0.15) is 12.8 Å². The maximum Gasteiger partial charge on any atom is 0.179 e. The van der Waals surface area contributed by atoms with E-state index < -0.39 is 9.84 Å². The Balaban J connectivity index is 2.26. The molecule has 1 aliphatic carbocycles. The van der Waals surface area contributed by atoms with Crippen LogP contribution in [0.4, 0.5) is 0 Å². The van der Waals surface area contributed by atoms with Crippen molar-refractivity contribution in [2.75, 3.05) is 12.3 Å². The lowest BCUT2D eigenvalue weighted by Gasteiger charge is -2.12. The molecule has 0 aromatic heterocycles. The number of phenols is 1. The summed E-state index contributed by atoms with van der Waals surface area (Å²) >= 11 is 0. The molecular weight excluding hydrogens is 226 g/mol. The van der Waals surface area contributed by atoms with Crippen molar-refractivity contribution in [3.8, 4) is 5.75 Å². The summed E-state index contributed by atoms with van der Waals surface area (Å²) in [5, 5.41) is 9.26. The summed E-state index contributed by atoms with van der Waals surface area (Å²) in [4.78, 5) is 0.173. The van der Waals surface area contributed by atoms with E-state index in [4.69, 9.17) is 5.73 Å². The van der Waals surface area contributed by atoms with Crippen molar-refractivity contribution < 1.29 is 13.5 Å². The van der Waals surface area contributed by atoms with E-state index in [9.17, 15) is 13.5 Å². The molecule has 1 saturated carbocycles. The van der Waals surface area contributed by atoms with Gasteiger partial charge in [0.2, 0.25) is 0 Å². The van der Waals surface area contributed by atoms with Crippen molar-refractivity contribution in [1.82, 2.24) is 0 Å². The van der Waals surface area contributed by atoms with E-state index in [0.717, 1.165) is 12.8 Å². The highest BCUT2D eigenvalue weighted by molar-refractivity contribution is 7.91. The second-order valence-electron chi connectivity index (χ2n) is 4.46. The van der Waals surface area contributed by atoms with Gasteiger partial charge in [0, 0.05) is 0 Å². The molecule has 4 nitrogen and oxygen atoms in total. The standard InChI is InChI=1S/C11H15NO3S/c12-7-11(4-5-11)8-16(14,15)10-3-1-2-9(13)6-10/h1-3,6,13H,4-5,7-8,12H2. The molecule has 0 bridgehead atoms. The minimum atomic E-state index is -3.33. The first-order valence-corrected chi connectivity index (χ1v) is 6.85. The zero-order valence-corrected chi connectivity index (χ0v) is 9.70. The number of benzene rings is 1. The molecule has 1 fully saturated rings. The Bertz CT molecular complexity index is 492. The molecule has 1 aliphatic rings. The molecule has 1 aromatic rings. The Morgan fingerprint density at radius 2 is 2.06 bits per heavy atom. The monoisotopic (exact) mass is 241 g/mol. The van der Waals surface area contributed by atoms with E-state index >= 15 is 0 Å². The van der Waals surface area contributed by atoms with Gasteiger partial charge in [-0.2, -0.15) is 0 Å². The number of sulfone groups is 1. The van der Waals surface area contributed by atoms with Crippen LogP contribution >= 0.6 is 0 Å². The average Bonchev–Trinajstić information content (AvgIpc) is 2.98. The van der Waals surface area contributed by atoms with Crippen LogP contribution in [0.2, 0.25) is 0 Å². The molecule has 1 aromatic carbocycles. The van der Waals surface area contributed by atoms with Crippen molar-refractivity contribution in [2.24, 2.45) is 11.1 Å². The lowest BCUT2D eigenvalue weighted by atomic mass is 10.1. The number of aromatic hydroxyl groups is 1. The van der Waals surface area contributed by atoms with Crippen LogP contribution < -0.4 is 5.73 Å². The normalized spacial score (nSPS) is 18.3. The van der Waals surface area contributed by atoms with Crippen LogP contribution in [-0.2, 0) is 9.84 Å². The first-order chi connectivity index (χ1) is 7.47. The van der Waals surface area contributed by atoms with E-state index in [-0.39, 0.29) is 21.8 Å². The molecule has 2 rings (SSSR count). The van der Waals surface area contributed by atoms with Gasteiger partial charge >= 0.3 is 0 Å². The molecule has 0 aliphatic heterocycles. The molecule has 0 unspecified atom stereocenters. The largest absolute Gasteiger partial charge is 0.508 e. The van der Waals surface area contributed by atoms with E-state index in [1.165, 1.54) is 24.3 Å². The van der Waals surface area contributed by atoms with Gasteiger partial charge < -0.3 is 10.8 Å². The fourth-order valence-electron chi connectivity index (χ4n) is 1.75. The third kappa shape index (κ3) is 2.20. The lowest BCUT2D eigenvalue weighted by molar-refractivity contribution is 0.473. The van der Waals surface area contributed by atoms with Crippen LogP contribution in [0.15, 0.2) is 29.2 Å². The maximum absolute atomic E-state index is 12.0. The third-order valence-electron chi connectivity index (χ3n) is 3.06. The molecule has 0 heterocycles. The Kier molecular flexibility index (Phi) is 2.67. The van der Waals surface area contributed by atoms with Crippen LogP contribution in [0, 0.1) is 5.41 Å². The summed E-state index contributed by atoms with van der Waals surface area (Å²) in [5.41, 5.74) is 5.35. The molecule has 5 heteroatoms. The molecule has 88 valence electrons. The molecule has 16 heavy (non-hydrogen) atoms. The summed E-state index contributed by atoms with van der Waals surface area (Å²) < 4.78 is 24.1. The van der Waals surface area contributed by atoms with Gasteiger partial charge in [0.1, 0.15) is 5.75 Å². The molecule has 0 spiro atoms. The highest BCUT2D eigenvalue weighted by atomic mass is 32.2. The summed E-state index contributed by atoms with van der Waals surface area (Å²) in [6.45, 7) is 0.408. The van der Waals surface area contributed by atoms with Crippen LogP contribution in [0.5, 0.6) is 5.75 Å². The van der Waals surface area contributed by atoms with Crippen LogP contribution in [0.3, 0.4) is 0 Å². The molecule has 0 atom stereocenters. The minimum absolute atomic E-state index is 0.0290. The summed E-state index contributed by atoms with van der Waals surface area (Å²) in [6.07, 6.45) is 1.75. The Morgan fingerprint density at radius 1 is 1.38 bits per heavy atom. The maximum atomic E-state index is 12.0. The van der Waals surface area contributed by atoms with Crippen LogP contribution in [-0.4, -0.2) is 25.8 Å². The van der Waals surface area contributed by atoms with Gasteiger partial charge in [-0.05, 0) is 43.0 Å². The van der Waals surface area contributed by atoms with Gasteiger partial charge in [-0.1, -0.05) is 6.07 Å². The first-order valence-electron chi connectivity index (χ1n) is 5.19. The zero-order valence-electron chi connectivity index (χ0n) is 8.89. The fraction of sp³-hybridized carbons (Fsp3) is 0.455. The van der Waals surface area contributed by atoms with Gasteiger partial charge in [-0.15, -0.1) is 0 Å². The van der Waals surface area contributed by atoms with E-state index in [1.54, 1.807) is 0 Å². The number of hydrogen-bond donors (Lipinski definition) is 2. The van der Waals surface area contributed by atoms with Crippen molar-refractivity contribution in [1.29, 1.82) is 0 Å². The summed E-state index contributed by atoms with van der Waals surface area (Å²) in [6, 6.07) is 5.77. The Hall–Kier alpha value is -1.07. The number of phenolic OH excluding ortho intramolecular Hbond substituents is 1. The lowest BCUT2D eigenvalue weighted by Crippen LogP contribution is -2.25. The molecule has 0 amide bonds. The highest BCUT2D eigenvalue weighted by Crippen LogP contribution is 2.46. The van der Waals surface area contributed by atoms with Crippen molar-refractivity contribution in [2.45, 2.75) is 17.7 Å². The molecule has 0 radical (unpaired) electrons. The fourth-order valence-corrected chi connectivity index (χ4v) is 3.71. The number of hydrogen-bond acceptors (Lipinski definition) is 4. The molecular formula is C11H15NO3S. The van der Waals surface area contributed by atoms with Crippen molar-refractivity contribution in [3.05, 3.63) is 24.3 Å². The van der Waals surface area contributed by atoms with Gasteiger partial charge in [0.15, 0.2) is 9.84 Å². The second-order valence-corrected chi connectivity index (χ2v) is 6.45. The van der Waals surface area contributed by atoms with Crippen LogP contribution in [0.25, 0.3) is 0 Å². The minimum Gasteiger partial charge on any atom is -0.508 e. The third-order valence-corrected chi connectivity index (χ3v) is 5.03. The quantitative estimate of drug-likeness (QED) is 0.821. The van der Waals surface area contributed by atoms with Gasteiger partial charge in [-0.25, -0.2) is 8.42 Å². The van der Waals surface area contributed by atoms with Gasteiger partial charge in [0.05, 0.1) is 10.6 Å². The van der Waals surface area contributed by atoms with Gasteiger partial charge in [0.25, 0.3) is 0 Å². The molecule has 0 saturated heterocycles. The average molecular weight is 241 g/mol. The number of rotatable bonds is 4. The van der Waals surface area contributed by atoms with Crippen molar-refractivity contribution in [3.63, 3.8) is 0 Å². The van der Waals surface area contributed by atoms with E-state index in [2.05, 4.69) is 0 Å². The van der Waals surface area contributed by atoms with E-state index in [0.29, 0.717) is 6.54 Å². The predicted octanol–water partition coefficient (Wildman–Crippen LogP) is 0.905.